The fourth-order valence-corrected chi connectivity index (χ4v) is 3.65. The summed E-state index contributed by atoms with van der Waals surface area (Å²) in [5, 5.41) is 11.5. The normalized spacial score (nSPS) is 12.8. The van der Waals surface area contributed by atoms with Crippen molar-refractivity contribution in [2.75, 3.05) is 19.0 Å². The molecule has 4 rings (SSSR count). The molecule has 1 aliphatic rings. The Labute approximate surface area is 186 Å². The lowest BCUT2D eigenvalue weighted by atomic mass is 10.1. The third-order valence-electron chi connectivity index (χ3n) is 5.26. The first-order valence-electron chi connectivity index (χ1n) is 10.5. The largest absolute Gasteiger partial charge is 0.493 e. The lowest BCUT2D eigenvalue weighted by molar-refractivity contribution is -0.111. The van der Waals surface area contributed by atoms with Gasteiger partial charge in [0.15, 0.2) is 18.1 Å². The van der Waals surface area contributed by atoms with Gasteiger partial charge in [0.1, 0.15) is 11.9 Å². The maximum absolute atomic E-state index is 12.3. The zero-order valence-corrected chi connectivity index (χ0v) is 17.9. The highest BCUT2D eigenvalue weighted by Crippen LogP contribution is 2.28. The molecule has 0 aliphatic carbocycles. The van der Waals surface area contributed by atoms with Crippen LogP contribution in [0.2, 0.25) is 0 Å². The van der Waals surface area contributed by atoms with Crippen molar-refractivity contribution in [3.8, 4) is 28.8 Å². The van der Waals surface area contributed by atoms with Crippen LogP contribution in [0.1, 0.15) is 24.2 Å². The highest BCUT2D eigenvalue weighted by molar-refractivity contribution is 6.02. The van der Waals surface area contributed by atoms with Gasteiger partial charge in [0.25, 0.3) is 0 Å². The maximum Gasteiger partial charge on any atom is 0.248 e. The van der Waals surface area contributed by atoms with Gasteiger partial charge in [-0.2, -0.15) is 5.26 Å². The van der Waals surface area contributed by atoms with E-state index in [2.05, 4.69) is 16.1 Å². The summed E-state index contributed by atoms with van der Waals surface area (Å²) < 4.78 is 12.8. The third kappa shape index (κ3) is 4.98. The molecule has 1 amide bonds. The molecule has 0 radical (unpaired) electrons. The first-order valence-corrected chi connectivity index (χ1v) is 10.5. The van der Waals surface area contributed by atoms with Crippen LogP contribution in [-0.2, 0) is 17.8 Å². The zero-order valence-electron chi connectivity index (χ0n) is 17.9. The number of ether oxygens (including phenoxy) is 2. The molecule has 3 aromatic rings. The SMILES string of the molecule is COc1cc(/C=C/C(=O)Nc2ccc(-c3cn4c(n3)CCCC4)cc2)ccc1OCC#N. The number of hydrogen-bond donors (Lipinski definition) is 1. The molecule has 7 nitrogen and oxygen atoms in total. The molecule has 2 heterocycles. The van der Waals surface area contributed by atoms with Crippen molar-refractivity contribution < 1.29 is 14.3 Å². The number of hydrogen-bond acceptors (Lipinski definition) is 5. The first-order chi connectivity index (χ1) is 15.7. The third-order valence-corrected chi connectivity index (χ3v) is 5.26. The molecule has 0 atom stereocenters. The topological polar surface area (TPSA) is 89.2 Å². The zero-order chi connectivity index (χ0) is 22.3. The smallest absolute Gasteiger partial charge is 0.248 e. The molecule has 1 aliphatic heterocycles. The van der Waals surface area contributed by atoms with Crippen molar-refractivity contribution in [2.24, 2.45) is 0 Å². The number of fused-ring (bicyclic) bond motifs is 1. The number of carbonyl (C=O) groups excluding carboxylic acids is 1. The number of amides is 1. The summed E-state index contributed by atoms with van der Waals surface area (Å²) in [5.74, 6) is 1.89. The number of imidazole rings is 1. The molecular formula is C25H24N4O3. The number of anilines is 1. The number of nitriles is 1. The van der Waals surface area contributed by atoms with E-state index >= 15 is 0 Å². The average Bonchev–Trinajstić information content (AvgIpc) is 3.26. The van der Waals surface area contributed by atoms with Gasteiger partial charge in [0.05, 0.1) is 12.8 Å². The van der Waals surface area contributed by atoms with Gasteiger partial charge in [0.2, 0.25) is 5.91 Å². The summed E-state index contributed by atoms with van der Waals surface area (Å²) >= 11 is 0. The Kier molecular flexibility index (Phi) is 6.52. The molecular weight excluding hydrogens is 404 g/mol. The van der Waals surface area contributed by atoms with E-state index in [0.717, 1.165) is 35.6 Å². The van der Waals surface area contributed by atoms with E-state index in [1.807, 2.05) is 30.3 Å². The molecule has 0 saturated carbocycles. The van der Waals surface area contributed by atoms with Gasteiger partial charge in [-0.25, -0.2) is 4.98 Å². The molecule has 0 fully saturated rings. The molecule has 32 heavy (non-hydrogen) atoms. The molecule has 0 saturated heterocycles. The van der Waals surface area contributed by atoms with Gasteiger partial charge in [-0.05, 0) is 48.7 Å². The number of nitrogens with zero attached hydrogens (tertiary/aromatic N) is 3. The minimum absolute atomic E-state index is 0.0597. The van der Waals surface area contributed by atoms with E-state index < -0.39 is 0 Å². The Bertz CT molecular complexity index is 1150. The van der Waals surface area contributed by atoms with Crippen LogP contribution in [0.15, 0.2) is 54.7 Å². The van der Waals surface area contributed by atoms with Crippen LogP contribution in [0, 0.1) is 11.3 Å². The second-order valence-electron chi connectivity index (χ2n) is 7.45. The van der Waals surface area contributed by atoms with E-state index in [0.29, 0.717) is 17.2 Å². The molecule has 0 bridgehead atoms. The summed E-state index contributed by atoms with van der Waals surface area (Å²) in [5.41, 5.74) is 3.49. The maximum atomic E-state index is 12.3. The fourth-order valence-electron chi connectivity index (χ4n) is 3.65. The van der Waals surface area contributed by atoms with Gasteiger partial charge < -0.3 is 19.4 Å². The minimum Gasteiger partial charge on any atom is -0.493 e. The summed E-state index contributed by atoms with van der Waals surface area (Å²) in [6.45, 7) is 0.972. The van der Waals surface area contributed by atoms with E-state index in [4.69, 9.17) is 19.7 Å². The highest BCUT2D eigenvalue weighted by atomic mass is 16.5. The van der Waals surface area contributed by atoms with Crippen molar-refractivity contribution in [3.63, 3.8) is 0 Å². The van der Waals surface area contributed by atoms with Crippen molar-refractivity contribution in [1.82, 2.24) is 9.55 Å². The van der Waals surface area contributed by atoms with Crippen LogP contribution in [0.3, 0.4) is 0 Å². The van der Waals surface area contributed by atoms with Crippen molar-refractivity contribution >= 4 is 17.7 Å². The van der Waals surface area contributed by atoms with Crippen LogP contribution >= 0.6 is 0 Å². The summed E-state index contributed by atoms with van der Waals surface area (Å²) in [6, 6.07) is 14.9. The molecule has 0 unspecified atom stereocenters. The lowest BCUT2D eigenvalue weighted by Gasteiger charge is -2.11. The molecule has 7 heteroatoms. The second-order valence-corrected chi connectivity index (χ2v) is 7.45. The average molecular weight is 428 g/mol. The number of methoxy groups -OCH3 is 1. The van der Waals surface area contributed by atoms with Crippen LogP contribution in [0.5, 0.6) is 11.5 Å². The van der Waals surface area contributed by atoms with Gasteiger partial charge in [-0.15, -0.1) is 0 Å². The van der Waals surface area contributed by atoms with Crippen molar-refractivity contribution in [2.45, 2.75) is 25.8 Å². The van der Waals surface area contributed by atoms with Crippen LogP contribution < -0.4 is 14.8 Å². The quantitative estimate of drug-likeness (QED) is 0.562. The number of benzene rings is 2. The van der Waals surface area contributed by atoms with Gasteiger partial charge in [-0.1, -0.05) is 18.2 Å². The standard InChI is InChI=1S/C25H24N4O3/c1-31-23-16-18(5-11-22(23)32-15-13-26)6-12-25(30)27-20-9-7-19(8-10-20)21-17-29-14-3-2-4-24(29)28-21/h5-12,16-17H,2-4,14-15H2,1H3,(H,27,30)/b12-6+. The molecule has 1 aromatic heterocycles. The summed E-state index contributed by atoms with van der Waals surface area (Å²) in [6.07, 6.45) is 8.68. The molecule has 162 valence electrons. The predicted molar refractivity (Wildman–Crippen MR) is 122 cm³/mol. The van der Waals surface area contributed by atoms with Gasteiger partial charge >= 0.3 is 0 Å². The number of aromatic nitrogens is 2. The minimum atomic E-state index is -0.237. The number of rotatable bonds is 7. The highest BCUT2D eigenvalue weighted by Gasteiger charge is 2.13. The lowest BCUT2D eigenvalue weighted by Crippen LogP contribution is -2.08. The number of aryl methyl sites for hydroxylation is 2. The van der Waals surface area contributed by atoms with Crippen LogP contribution in [0.25, 0.3) is 17.3 Å². The second kappa shape index (κ2) is 9.84. The Balaban J connectivity index is 1.38. The van der Waals surface area contributed by atoms with E-state index in [9.17, 15) is 4.79 Å². The van der Waals surface area contributed by atoms with E-state index in [1.165, 1.54) is 26.0 Å². The fraction of sp³-hybridized carbons (Fsp3) is 0.240. The monoisotopic (exact) mass is 428 g/mol. The molecule has 0 spiro atoms. The van der Waals surface area contributed by atoms with Crippen molar-refractivity contribution in [3.05, 3.63) is 66.1 Å². The van der Waals surface area contributed by atoms with Crippen LogP contribution in [-0.4, -0.2) is 29.2 Å². The summed E-state index contributed by atoms with van der Waals surface area (Å²) in [4.78, 5) is 17.1. The van der Waals surface area contributed by atoms with Crippen LogP contribution in [0.4, 0.5) is 5.69 Å². The summed E-state index contributed by atoms with van der Waals surface area (Å²) in [7, 11) is 1.53. The van der Waals surface area contributed by atoms with Gasteiger partial charge in [0, 0.05) is 36.5 Å². The first kappa shape index (κ1) is 21.2. The Hall–Kier alpha value is -4.05. The molecule has 1 N–H and O–H groups in total. The Morgan fingerprint density at radius 1 is 1.22 bits per heavy atom. The number of nitrogens with one attached hydrogen (secondary N) is 1. The van der Waals surface area contributed by atoms with Gasteiger partial charge in [-0.3, -0.25) is 4.79 Å². The van der Waals surface area contributed by atoms with E-state index in [-0.39, 0.29) is 12.5 Å². The van der Waals surface area contributed by atoms with Crippen molar-refractivity contribution in [1.29, 1.82) is 5.26 Å². The predicted octanol–water partition coefficient (Wildman–Crippen LogP) is 4.45. The Morgan fingerprint density at radius 2 is 2.06 bits per heavy atom. The van der Waals surface area contributed by atoms with E-state index in [1.54, 1.807) is 24.3 Å². The Morgan fingerprint density at radius 3 is 2.81 bits per heavy atom. The molecule has 2 aromatic carbocycles. The number of carbonyl (C=O) groups is 1.